The zero-order valence-electron chi connectivity index (χ0n) is 10.00. The van der Waals surface area contributed by atoms with E-state index in [1.165, 1.54) is 13.0 Å². The van der Waals surface area contributed by atoms with E-state index in [1.807, 2.05) is 0 Å². The van der Waals surface area contributed by atoms with Gasteiger partial charge < -0.3 is 20.1 Å². The van der Waals surface area contributed by atoms with Gasteiger partial charge in [0.05, 0.1) is 24.3 Å². The largest absolute Gasteiger partial charge is 0.481 e. The van der Waals surface area contributed by atoms with Crippen molar-refractivity contribution >= 4 is 35.1 Å². The molecule has 1 amide bonds. The highest BCUT2D eigenvalue weighted by Gasteiger charge is 2.47. The average Bonchev–Trinajstić information content (AvgIpc) is 2.86. The summed E-state index contributed by atoms with van der Waals surface area (Å²) in [5.41, 5.74) is -0.967. The lowest BCUT2D eigenvalue weighted by molar-refractivity contribution is -0.148. The molecule has 3 N–H and O–H groups in total. The van der Waals surface area contributed by atoms with E-state index in [4.69, 9.17) is 27.9 Å². The molecule has 6 nitrogen and oxygen atoms in total. The maximum Gasteiger partial charge on any atom is 0.313 e. The van der Waals surface area contributed by atoms with Crippen molar-refractivity contribution in [2.75, 3.05) is 13.2 Å². The molecule has 0 spiro atoms. The van der Waals surface area contributed by atoms with Gasteiger partial charge in [0.1, 0.15) is 16.3 Å². The molecular formula is C11H12Cl2N2O4. The summed E-state index contributed by atoms with van der Waals surface area (Å²) in [6.45, 7) is 1.73. The first-order valence-electron chi connectivity index (χ1n) is 5.50. The van der Waals surface area contributed by atoms with Crippen LogP contribution in [0.4, 0.5) is 0 Å². The Morgan fingerprint density at radius 3 is 2.79 bits per heavy atom. The number of carbonyl (C=O) groups excluding carboxylic acids is 1. The van der Waals surface area contributed by atoms with Crippen LogP contribution in [0.15, 0.2) is 6.07 Å². The number of amides is 1. The van der Waals surface area contributed by atoms with Crippen molar-refractivity contribution in [1.29, 1.82) is 0 Å². The van der Waals surface area contributed by atoms with Crippen molar-refractivity contribution in [2.24, 2.45) is 5.41 Å². The predicted molar refractivity (Wildman–Crippen MR) is 68.6 cm³/mol. The Balaban J connectivity index is 2.13. The van der Waals surface area contributed by atoms with Crippen LogP contribution < -0.4 is 5.32 Å². The normalized spacial score (nSPS) is 26.4. The number of halogens is 2. The molecule has 0 radical (unpaired) electrons. The van der Waals surface area contributed by atoms with E-state index in [2.05, 4.69) is 10.3 Å². The SMILES string of the molecule is CC1(C(=O)O)COCC1NC(=O)c1cc(Cl)c(Cl)[nH]1. The third-order valence-corrected chi connectivity index (χ3v) is 3.91. The van der Waals surface area contributed by atoms with E-state index >= 15 is 0 Å². The first-order chi connectivity index (χ1) is 8.84. The predicted octanol–water partition coefficient (Wildman–Crippen LogP) is 1.54. The monoisotopic (exact) mass is 306 g/mol. The minimum Gasteiger partial charge on any atom is -0.481 e. The van der Waals surface area contributed by atoms with Crippen LogP contribution >= 0.6 is 23.2 Å². The molecule has 1 aliphatic rings. The van der Waals surface area contributed by atoms with Gasteiger partial charge in [0.15, 0.2) is 0 Å². The summed E-state index contributed by atoms with van der Waals surface area (Å²) in [7, 11) is 0. The van der Waals surface area contributed by atoms with Gasteiger partial charge in [-0.05, 0) is 13.0 Å². The molecule has 1 fully saturated rings. The number of hydrogen-bond donors (Lipinski definition) is 3. The smallest absolute Gasteiger partial charge is 0.313 e. The molecule has 1 saturated heterocycles. The van der Waals surface area contributed by atoms with E-state index in [9.17, 15) is 14.7 Å². The van der Waals surface area contributed by atoms with Gasteiger partial charge in [-0.1, -0.05) is 23.2 Å². The number of nitrogens with one attached hydrogen (secondary N) is 2. The van der Waals surface area contributed by atoms with Crippen LogP contribution in [-0.4, -0.2) is 41.2 Å². The average molecular weight is 307 g/mol. The Morgan fingerprint density at radius 2 is 2.26 bits per heavy atom. The fourth-order valence-corrected chi connectivity index (χ4v) is 2.16. The maximum absolute atomic E-state index is 12.0. The molecular weight excluding hydrogens is 295 g/mol. The zero-order valence-corrected chi connectivity index (χ0v) is 11.5. The lowest BCUT2D eigenvalue weighted by atomic mass is 9.85. The second-order valence-electron chi connectivity index (χ2n) is 4.61. The summed E-state index contributed by atoms with van der Waals surface area (Å²) in [5.74, 6) is -1.49. The maximum atomic E-state index is 12.0. The van der Waals surface area contributed by atoms with Gasteiger partial charge in [-0.2, -0.15) is 0 Å². The van der Waals surface area contributed by atoms with E-state index in [0.717, 1.165) is 0 Å². The van der Waals surface area contributed by atoms with Gasteiger partial charge in [-0.25, -0.2) is 0 Å². The zero-order chi connectivity index (χ0) is 14.2. The Labute approximate surface area is 119 Å². The molecule has 1 aromatic heterocycles. The molecule has 0 saturated carbocycles. The molecule has 1 aromatic rings. The van der Waals surface area contributed by atoms with E-state index in [1.54, 1.807) is 0 Å². The quantitative estimate of drug-likeness (QED) is 0.790. The molecule has 2 atom stereocenters. The first-order valence-corrected chi connectivity index (χ1v) is 6.26. The number of H-pyrrole nitrogens is 1. The van der Waals surface area contributed by atoms with Crippen LogP contribution in [0, 0.1) is 5.41 Å². The van der Waals surface area contributed by atoms with Crippen molar-refractivity contribution in [3.05, 3.63) is 21.9 Å². The second-order valence-corrected chi connectivity index (χ2v) is 5.39. The Kier molecular flexibility index (Phi) is 3.75. The minimum atomic E-state index is -1.14. The van der Waals surface area contributed by atoms with Crippen LogP contribution in [0.25, 0.3) is 0 Å². The summed E-state index contributed by atoms with van der Waals surface area (Å²) < 4.78 is 5.14. The molecule has 19 heavy (non-hydrogen) atoms. The number of hydrogen-bond acceptors (Lipinski definition) is 3. The fourth-order valence-electron chi connectivity index (χ4n) is 1.85. The Bertz CT molecular complexity index is 511. The standard InChI is InChI=1S/C11H12Cl2N2O4/c1-11(10(17)18)4-19-3-7(11)15-9(16)6-2-5(12)8(13)14-6/h2,7,14H,3-4H2,1H3,(H,15,16)(H,17,18). The van der Waals surface area contributed by atoms with Gasteiger partial charge in [-0.15, -0.1) is 0 Å². The number of carboxylic acid groups (broad SMARTS) is 1. The highest BCUT2D eigenvalue weighted by atomic mass is 35.5. The highest BCUT2D eigenvalue weighted by Crippen LogP contribution is 2.29. The van der Waals surface area contributed by atoms with Crippen LogP contribution in [0.3, 0.4) is 0 Å². The molecule has 0 aromatic carbocycles. The van der Waals surface area contributed by atoms with Crippen LogP contribution in [0.2, 0.25) is 10.2 Å². The van der Waals surface area contributed by atoms with Crippen molar-refractivity contribution in [3.8, 4) is 0 Å². The van der Waals surface area contributed by atoms with E-state index < -0.39 is 23.3 Å². The van der Waals surface area contributed by atoms with Crippen molar-refractivity contribution < 1.29 is 19.4 Å². The van der Waals surface area contributed by atoms with Gasteiger partial charge in [0.25, 0.3) is 5.91 Å². The molecule has 104 valence electrons. The lowest BCUT2D eigenvalue weighted by Gasteiger charge is -2.25. The fraction of sp³-hybridized carbons (Fsp3) is 0.455. The first kappa shape index (κ1) is 14.2. The highest BCUT2D eigenvalue weighted by molar-refractivity contribution is 6.41. The summed E-state index contributed by atoms with van der Waals surface area (Å²) >= 11 is 11.4. The molecule has 1 aliphatic heterocycles. The summed E-state index contributed by atoms with van der Waals surface area (Å²) in [6, 6.07) is 0.769. The van der Waals surface area contributed by atoms with Crippen LogP contribution in [-0.2, 0) is 9.53 Å². The van der Waals surface area contributed by atoms with Gasteiger partial charge in [-0.3, -0.25) is 9.59 Å². The van der Waals surface area contributed by atoms with Gasteiger partial charge in [0, 0.05) is 0 Å². The number of ether oxygens (including phenoxy) is 1. The summed E-state index contributed by atoms with van der Waals surface area (Å²) in [4.78, 5) is 25.8. The van der Waals surface area contributed by atoms with E-state index in [-0.39, 0.29) is 29.1 Å². The summed E-state index contributed by atoms with van der Waals surface area (Å²) in [5, 5.41) is 12.2. The number of carbonyl (C=O) groups is 2. The molecule has 8 heteroatoms. The number of rotatable bonds is 3. The van der Waals surface area contributed by atoms with Crippen LogP contribution in [0.5, 0.6) is 0 Å². The third-order valence-electron chi connectivity index (χ3n) is 3.22. The molecule has 2 unspecified atom stereocenters. The van der Waals surface area contributed by atoms with Crippen molar-refractivity contribution in [3.63, 3.8) is 0 Å². The minimum absolute atomic E-state index is 0.0551. The van der Waals surface area contributed by atoms with Crippen LogP contribution in [0.1, 0.15) is 17.4 Å². The number of aliphatic carboxylic acids is 1. The number of carboxylic acids is 1. The molecule has 2 heterocycles. The topological polar surface area (TPSA) is 91.4 Å². The number of aromatic amines is 1. The van der Waals surface area contributed by atoms with E-state index in [0.29, 0.717) is 0 Å². The Morgan fingerprint density at radius 1 is 1.58 bits per heavy atom. The third kappa shape index (κ3) is 2.56. The number of aromatic nitrogens is 1. The molecule has 2 rings (SSSR count). The van der Waals surface area contributed by atoms with Crippen molar-refractivity contribution in [1.82, 2.24) is 10.3 Å². The molecule has 0 bridgehead atoms. The lowest BCUT2D eigenvalue weighted by Crippen LogP contribution is -2.49. The van der Waals surface area contributed by atoms with Gasteiger partial charge >= 0.3 is 5.97 Å². The molecule has 0 aliphatic carbocycles. The Hall–Kier alpha value is -1.24. The second kappa shape index (κ2) is 5.03. The summed E-state index contributed by atoms with van der Waals surface area (Å²) in [6.07, 6.45) is 0. The van der Waals surface area contributed by atoms with Gasteiger partial charge in [0.2, 0.25) is 0 Å². The van der Waals surface area contributed by atoms with Crippen molar-refractivity contribution in [2.45, 2.75) is 13.0 Å².